The van der Waals surface area contributed by atoms with Gasteiger partial charge in [0.2, 0.25) is 21.8 Å². The summed E-state index contributed by atoms with van der Waals surface area (Å²) in [4.78, 5) is 26.6. The van der Waals surface area contributed by atoms with Crippen molar-refractivity contribution in [3.63, 3.8) is 0 Å². The quantitative estimate of drug-likeness (QED) is 0.546. The van der Waals surface area contributed by atoms with Crippen molar-refractivity contribution in [2.45, 2.75) is 25.7 Å². The molecule has 0 saturated carbocycles. The van der Waals surface area contributed by atoms with Crippen LogP contribution in [0, 0.1) is 0 Å². The molecule has 0 fully saturated rings. The normalized spacial score (nSPS) is 12.7. The number of carbonyl (C=O) groups is 2. The van der Waals surface area contributed by atoms with Gasteiger partial charge in [0.25, 0.3) is 0 Å². The number of halogens is 4. The van der Waals surface area contributed by atoms with Gasteiger partial charge in [-0.25, -0.2) is 8.42 Å². The average Bonchev–Trinajstić information content (AvgIpc) is 2.74. The molecule has 7 nitrogen and oxygen atoms in total. The third-order valence-corrected chi connectivity index (χ3v) is 6.49. The van der Waals surface area contributed by atoms with Crippen molar-refractivity contribution in [2.75, 3.05) is 24.2 Å². The predicted molar refractivity (Wildman–Crippen MR) is 122 cm³/mol. The van der Waals surface area contributed by atoms with E-state index in [1.165, 1.54) is 24.9 Å². The van der Waals surface area contributed by atoms with Crippen molar-refractivity contribution >= 4 is 43.5 Å². The Labute approximate surface area is 198 Å². The lowest BCUT2D eigenvalue weighted by atomic mass is 10.1. The Morgan fingerprint density at radius 2 is 1.73 bits per heavy atom. The number of benzene rings is 2. The van der Waals surface area contributed by atoms with Crippen LogP contribution in [0.2, 0.25) is 0 Å². The summed E-state index contributed by atoms with van der Waals surface area (Å²) in [6.45, 7) is 0.684. The van der Waals surface area contributed by atoms with Crippen LogP contribution in [-0.4, -0.2) is 51.0 Å². The van der Waals surface area contributed by atoms with Gasteiger partial charge in [-0.3, -0.25) is 13.9 Å². The summed E-state index contributed by atoms with van der Waals surface area (Å²) in [5, 5.41) is 2.44. The highest BCUT2D eigenvalue weighted by atomic mass is 79.9. The second-order valence-corrected chi connectivity index (χ2v) is 10.1. The molecular weight excluding hydrogens is 527 g/mol. The first-order chi connectivity index (χ1) is 15.2. The third-order valence-electron chi connectivity index (χ3n) is 4.82. The number of nitrogens with one attached hydrogen (secondary N) is 1. The van der Waals surface area contributed by atoms with Crippen LogP contribution in [-0.2, 0) is 32.3 Å². The predicted octanol–water partition coefficient (Wildman–Crippen LogP) is 3.40. The molecule has 0 spiro atoms. The fourth-order valence-corrected chi connectivity index (χ4v) is 4.13. The molecule has 2 rings (SSSR count). The molecule has 12 heteroatoms. The molecule has 2 amide bonds. The summed E-state index contributed by atoms with van der Waals surface area (Å²) in [6.07, 6.45) is -3.90. The molecule has 0 unspecified atom stereocenters. The summed E-state index contributed by atoms with van der Waals surface area (Å²) >= 11 is 3.31. The van der Waals surface area contributed by atoms with Gasteiger partial charge < -0.3 is 10.2 Å². The molecule has 0 aliphatic rings. The molecule has 0 aliphatic heterocycles. The van der Waals surface area contributed by atoms with Crippen LogP contribution in [0.5, 0.6) is 0 Å². The molecule has 0 saturated heterocycles. The van der Waals surface area contributed by atoms with E-state index in [0.29, 0.717) is 15.9 Å². The summed E-state index contributed by atoms with van der Waals surface area (Å²) in [5.41, 5.74) is -0.685. The van der Waals surface area contributed by atoms with Crippen LogP contribution in [0.1, 0.15) is 18.1 Å². The van der Waals surface area contributed by atoms with Crippen LogP contribution >= 0.6 is 15.9 Å². The number of nitrogens with zero attached hydrogens (tertiary/aromatic N) is 2. The van der Waals surface area contributed by atoms with Crippen molar-refractivity contribution in [2.24, 2.45) is 0 Å². The van der Waals surface area contributed by atoms with Crippen LogP contribution in [0.25, 0.3) is 0 Å². The van der Waals surface area contributed by atoms with Crippen LogP contribution in [0.15, 0.2) is 53.0 Å². The molecule has 2 aromatic carbocycles. The van der Waals surface area contributed by atoms with E-state index < -0.39 is 46.2 Å². The number of amides is 2. The number of rotatable bonds is 8. The van der Waals surface area contributed by atoms with E-state index in [-0.39, 0.29) is 12.2 Å². The second-order valence-electron chi connectivity index (χ2n) is 7.26. The van der Waals surface area contributed by atoms with Crippen molar-refractivity contribution in [1.29, 1.82) is 0 Å². The maximum atomic E-state index is 13.2. The molecule has 33 heavy (non-hydrogen) atoms. The fraction of sp³-hybridized carbons (Fsp3) is 0.333. The molecule has 0 heterocycles. The number of hydrogen-bond donors (Lipinski definition) is 1. The topological polar surface area (TPSA) is 86.8 Å². The van der Waals surface area contributed by atoms with Crippen molar-refractivity contribution in [3.8, 4) is 0 Å². The summed E-state index contributed by atoms with van der Waals surface area (Å²) in [5.74, 6) is -1.23. The van der Waals surface area contributed by atoms with Crippen molar-refractivity contribution < 1.29 is 31.2 Å². The molecule has 2 aromatic rings. The van der Waals surface area contributed by atoms with E-state index in [4.69, 9.17) is 0 Å². The van der Waals surface area contributed by atoms with Crippen LogP contribution < -0.4 is 9.62 Å². The minimum Gasteiger partial charge on any atom is -0.357 e. The zero-order valence-corrected chi connectivity index (χ0v) is 20.5. The minimum absolute atomic E-state index is 0.0130. The lowest BCUT2D eigenvalue weighted by Gasteiger charge is -2.31. The Bertz CT molecular complexity index is 1110. The highest BCUT2D eigenvalue weighted by Crippen LogP contribution is 2.32. The van der Waals surface area contributed by atoms with Crippen LogP contribution in [0.4, 0.5) is 18.9 Å². The van der Waals surface area contributed by atoms with E-state index in [9.17, 15) is 31.2 Å². The Kier molecular flexibility index (Phi) is 8.52. The zero-order valence-electron chi connectivity index (χ0n) is 18.1. The molecule has 180 valence electrons. The second kappa shape index (κ2) is 10.6. The Morgan fingerprint density at radius 1 is 1.12 bits per heavy atom. The van der Waals surface area contributed by atoms with E-state index in [0.717, 1.165) is 22.9 Å². The maximum Gasteiger partial charge on any atom is 0.416 e. The molecule has 1 atom stereocenters. The zero-order chi connectivity index (χ0) is 25.0. The molecule has 1 N–H and O–H groups in total. The Morgan fingerprint density at radius 3 is 2.24 bits per heavy atom. The summed E-state index contributed by atoms with van der Waals surface area (Å²) in [7, 11) is -2.73. The maximum absolute atomic E-state index is 13.2. The standard InChI is InChI=1S/C21H23BrF3N3O4S/c1-14(20(30)26-2)27(12-15-7-9-17(22)10-8-15)19(29)13-28(33(3,31)32)18-6-4-5-16(11-18)21(23,24)25/h4-11,14H,12-13H2,1-3H3,(H,26,30)/t14-/m1/s1. The first-order valence-corrected chi connectivity index (χ1v) is 12.3. The van der Waals surface area contributed by atoms with E-state index in [1.807, 2.05) is 0 Å². The van der Waals surface area contributed by atoms with Crippen LogP contribution in [0.3, 0.4) is 0 Å². The lowest BCUT2D eigenvalue weighted by Crippen LogP contribution is -2.50. The van der Waals surface area contributed by atoms with E-state index in [2.05, 4.69) is 21.2 Å². The number of alkyl halides is 3. The number of anilines is 1. The van der Waals surface area contributed by atoms with Crippen molar-refractivity contribution in [3.05, 3.63) is 64.1 Å². The van der Waals surface area contributed by atoms with Gasteiger partial charge >= 0.3 is 6.18 Å². The van der Waals surface area contributed by atoms with Gasteiger partial charge in [-0.1, -0.05) is 34.1 Å². The number of likely N-dealkylation sites (N-methyl/N-ethyl adjacent to an activating group) is 1. The number of hydrogen-bond acceptors (Lipinski definition) is 4. The van der Waals surface area contributed by atoms with Gasteiger partial charge in [-0.2, -0.15) is 13.2 Å². The largest absolute Gasteiger partial charge is 0.416 e. The highest BCUT2D eigenvalue weighted by Gasteiger charge is 2.33. The Balaban J connectivity index is 2.42. The highest BCUT2D eigenvalue weighted by molar-refractivity contribution is 9.10. The first kappa shape index (κ1) is 26.7. The average molecular weight is 550 g/mol. The van der Waals surface area contributed by atoms with E-state index in [1.54, 1.807) is 24.3 Å². The van der Waals surface area contributed by atoms with E-state index >= 15 is 0 Å². The molecule has 0 bridgehead atoms. The monoisotopic (exact) mass is 549 g/mol. The first-order valence-electron chi connectivity index (χ1n) is 9.64. The Hall–Kier alpha value is -2.60. The van der Waals surface area contributed by atoms with Gasteiger partial charge in [0, 0.05) is 18.1 Å². The smallest absolute Gasteiger partial charge is 0.357 e. The molecule has 0 aliphatic carbocycles. The molecular formula is C21H23BrF3N3O4S. The fourth-order valence-electron chi connectivity index (χ4n) is 3.03. The SMILES string of the molecule is CNC(=O)[C@@H](C)N(Cc1ccc(Br)cc1)C(=O)CN(c1cccc(C(F)(F)F)c1)S(C)(=O)=O. The van der Waals surface area contributed by atoms with Gasteiger partial charge in [0.1, 0.15) is 12.6 Å². The van der Waals surface area contributed by atoms with Gasteiger partial charge in [-0.05, 0) is 42.8 Å². The van der Waals surface area contributed by atoms with Gasteiger partial charge in [0.05, 0.1) is 17.5 Å². The number of carbonyl (C=O) groups excluding carboxylic acids is 2. The van der Waals surface area contributed by atoms with Gasteiger partial charge in [-0.15, -0.1) is 0 Å². The molecule has 0 radical (unpaired) electrons. The summed E-state index contributed by atoms with van der Waals surface area (Å²) in [6, 6.07) is 9.67. The number of sulfonamides is 1. The molecule has 0 aromatic heterocycles. The van der Waals surface area contributed by atoms with Crippen molar-refractivity contribution in [1.82, 2.24) is 10.2 Å². The lowest BCUT2D eigenvalue weighted by molar-refractivity contribution is -0.139. The minimum atomic E-state index is -4.69. The summed E-state index contributed by atoms with van der Waals surface area (Å²) < 4.78 is 65.6. The third kappa shape index (κ3) is 7.19. The van der Waals surface area contributed by atoms with Gasteiger partial charge in [0.15, 0.2) is 0 Å².